The van der Waals surface area contributed by atoms with Crippen LogP contribution in [-0.2, 0) is 11.0 Å². The lowest BCUT2D eigenvalue weighted by atomic mass is 9.98. The number of carboxylic acids is 1. The number of fused-ring (bicyclic) bond motifs is 1. The van der Waals surface area contributed by atoms with Crippen molar-refractivity contribution >= 4 is 16.9 Å². The third-order valence-electron chi connectivity index (χ3n) is 2.89. The maximum Gasteiger partial charge on any atom is 0.431 e. The molecule has 0 saturated heterocycles. The van der Waals surface area contributed by atoms with E-state index in [1.165, 1.54) is 18.2 Å². The summed E-state index contributed by atoms with van der Waals surface area (Å²) in [5.74, 6) is -2.03. The summed E-state index contributed by atoms with van der Waals surface area (Å²) in [6.45, 7) is -0.114. The van der Waals surface area contributed by atoms with Crippen LogP contribution in [0, 0.1) is 0 Å². The normalized spacial score (nSPS) is 13.7. The van der Waals surface area contributed by atoms with E-state index in [9.17, 15) is 18.0 Å². The van der Waals surface area contributed by atoms with Crippen LogP contribution in [0.25, 0.3) is 10.9 Å². The first kappa shape index (κ1) is 13.4. The number of nitrogens with one attached hydrogen (secondary N) is 1. The van der Waals surface area contributed by atoms with Gasteiger partial charge < -0.3 is 15.8 Å². The Morgan fingerprint density at radius 1 is 1.37 bits per heavy atom. The highest BCUT2D eigenvalue weighted by Crippen LogP contribution is 2.32. The van der Waals surface area contributed by atoms with Crippen molar-refractivity contribution in [3.8, 4) is 0 Å². The first-order chi connectivity index (χ1) is 8.82. The Labute approximate surface area is 106 Å². The second-order valence-corrected chi connectivity index (χ2v) is 4.15. The van der Waals surface area contributed by atoms with Gasteiger partial charge in [-0.15, -0.1) is 0 Å². The van der Waals surface area contributed by atoms with Crippen molar-refractivity contribution in [2.24, 2.45) is 5.73 Å². The number of hydrogen-bond acceptors (Lipinski definition) is 2. The second kappa shape index (κ2) is 4.58. The molecule has 0 aliphatic carbocycles. The lowest BCUT2D eigenvalue weighted by Gasteiger charge is -2.09. The quantitative estimate of drug-likeness (QED) is 0.802. The van der Waals surface area contributed by atoms with Crippen LogP contribution in [0.4, 0.5) is 13.2 Å². The molecule has 4 nitrogen and oxygen atoms in total. The summed E-state index contributed by atoms with van der Waals surface area (Å²) in [6, 6.07) is 5.25. The SMILES string of the molecule is NCC(C(=O)O)c1ccc2[nH]c(C(F)(F)F)cc2c1. The van der Waals surface area contributed by atoms with Crippen LogP contribution in [-0.4, -0.2) is 22.6 Å². The number of halogens is 3. The number of H-pyrrole nitrogens is 1. The van der Waals surface area contributed by atoms with E-state index in [4.69, 9.17) is 10.8 Å². The van der Waals surface area contributed by atoms with Crippen molar-refractivity contribution < 1.29 is 23.1 Å². The molecule has 0 aliphatic rings. The molecule has 2 aromatic rings. The van der Waals surface area contributed by atoms with Gasteiger partial charge in [0, 0.05) is 17.4 Å². The zero-order valence-corrected chi connectivity index (χ0v) is 9.66. The van der Waals surface area contributed by atoms with Crippen LogP contribution in [0.1, 0.15) is 17.2 Å². The number of hydrogen-bond donors (Lipinski definition) is 3. The highest BCUT2D eigenvalue weighted by molar-refractivity contribution is 5.84. The Morgan fingerprint density at radius 2 is 2.05 bits per heavy atom. The lowest BCUT2D eigenvalue weighted by molar-refractivity contribution is -0.141. The van der Waals surface area contributed by atoms with Gasteiger partial charge in [-0.1, -0.05) is 6.07 Å². The maximum atomic E-state index is 12.5. The average molecular weight is 272 g/mol. The molecule has 0 amide bonds. The Hall–Kier alpha value is -2.02. The number of aromatic nitrogens is 1. The predicted octanol–water partition coefficient (Wildman–Crippen LogP) is 2.31. The van der Waals surface area contributed by atoms with Gasteiger partial charge in [0.15, 0.2) is 0 Å². The van der Waals surface area contributed by atoms with Crippen LogP contribution < -0.4 is 5.73 Å². The Bertz CT molecular complexity index is 619. The molecule has 0 aliphatic heterocycles. The number of carbonyl (C=O) groups is 1. The minimum atomic E-state index is -4.46. The molecule has 0 saturated carbocycles. The van der Waals surface area contributed by atoms with Crippen molar-refractivity contribution in [2.45, 2.75) is 12.1 Å². The Balaban J connectivity index is 2.49. The molecule has 2 rings (SSSR count). The number of aromatic amines is 1. The first-order valence-corrected chi connectivity index (χ1v) is 5.45. The van der Waals surface area contributed by atoms with Gasteiger partial charge in [-0.3, -0.25) is 4.79 Å². The molecule has 0 radical (unpaired) electrons. The predicted molar refractivity (Wildman–Crippen MR) is 62.7 cm³/mol. The smallest absolute Gasteiger partial charge is 0.431 e. The van der Waals surface area contributed by atoms with Crippen molar-refractivity contribution in [3.63, 3.8) is 0 Å². The summed E-state index contributed by atoms with van der Waals surface area (Å²) >= 11 is 0. The zero-order valence-electron chi connectivity index (χ0n) is 9.66. The number of carboxylic acid groups (broad SMARTS) is 1. The van der Waals surface area contributed by atoms with Gasteiger partial charge in [-0.25, -0.2) is 0 Å². The largest absolute Gasteiger partial charge is 0.481 e. The summed E-state index contributed by atoms with van der Waals surface area (Å²) in [6.07, 6.45) is -4.46. The van der Waals surface area contributed by atoms with Gasteiger partial charge in [-0.2, -0.15) is 13.2 Å². The monoisotopic (exact) mass is 272 g/mol. The fourth-order valence-corrected chi connectivity index (χ4v) is 1.90. The molecule has 0 bridgehead atoms. The van der Waals surface area contributed by atoms with Gasteiger partial charge >= 0.3 is 12.1 Å². The van der Waals surface area contributed by atoms with Gasteiger partial charge in [0.2, 0.25) is 0 Å². The third-order valence-corrected chi connectivity index (χ3v) is 2.89. The zero-order chi connectivity index (χ0) is 14.2. The van der Waals surface area contributed by atoms with E-state index >= 15 is 0 Å². The molecule has 1 aromatic heterocycles. The van der Waals surface area contributed by atoms with Crippen molar-refractivity contribution in [1.82, 2.24) is 4.98 Å². The van der Waals surface area contributed by atoms with Crippen LogP contribution in [0.2, 0.25) is 0 Å². The van der Waals surface area contributed by atoms with E-state index in [-0.39, 0.29) is 6.54 Å². The van der Waals surface area contributed by atoms with Crippen LogP contribution >= 0.6 is 0 Å². The summed E-state index contributed by atoms with van der Waals surface area (Å²) in [7, 11) is 0. The van der Waals surface area contributed by atoms with E-state index in [0.29, 0.717) is 16.5 Å². The minimum Gasteiger partial charge on any atom is -0.481 e. The highest BCUT2D eigenvalue weighted by Gasteiger charge is 2.32. The van der Waals surface area contributed by atoms with E-state index in [1.54, 1.807) is 0 Å². The number of nitrogens with two attached hydrogens (primary N) is 1. The van der Waals surface area contributed by atoms with Crippen molar-refractivity contribution in [3.05, 3.63) is 35.5 Å². The van der Waals surface area contributed by atoms with Crippen molar-refractivity contribution in [2.75, 3.05) is 6.54 Å². The fourth-order valence-electron chi connectivity index (χ4n) is 1.90. The van der Waals surface area contributed by atoms with Crippen LogP contribution in [0.15, 0.2) is 24.3 Å². The lowest BCUT2D eigenvalue weighted by Crippen LogP contribution is -2.20. The van der Waals surface area contributed by atoms with E-state index in [0.717, 1.165) is 6.07 Å². The summed E-state index contributed by atoms with van der Waals surface area (Å²) in [5.41, 5.74) is 5.18. The van der Waals surface area contributed by atoms with Gasteiger partial charge in [0.1, 0.15) is 5.69 Å². The molecular weight excluding hydrogens is 261 g/mol. The molecule has 0 fully saturated rings. The number of alkyl halides is 3. The first-order valence-electron chi connectivity index (χ1n) is 5.45. The molecule has 7 heteroatoms. The number of aliphatic carboxylic acids is 1. The topological polar surface area (TPSA) is 79.1 Å². The Morgan fingerprint density at radius 3 is 2.58 bits per heavy atom. The summed E-state index contributed by atoms with van der Waals surface area (Å²) in [5, 5.41) is 9.28. The van der Waals surface area contributed by atoms with Crippen molar-refractivity contribution in [1.29, 1.82) is 0 Å². The molecule has 19 heavy (non-hydrogen) atoms. The third kappa shape index (κ3) is 2.55. The van der Waals surface area contributed by atoms with Gasteiger partial charge in [0.05, 0.1) is 5.92 Å². The standard InChI is InChI=1S/C12H11F3N2O2/c13-12(14,15)10-4-7-3-6(1-2-9(7)17-10)8(5-16)11(18)19/h1-4,8,17H,5,16H2,(H,18,19). The van der Waals surface area contributed by atoms with E-state index < -0.39 is 23.8 Å². The van der Waals surface area contributed by atoms with Gasteiger partial charge in [0.25, 0.3) is 0 Å². The molecule has 4 N–H and O–H groups in total. The van der Waals surface area contributed by atoms with E-state index in [1.807, 2.05) is 0 Å². The summed E-state index contributed by atoms with van der Waals surface area (Å²) < 4.78 is 37.6. The molecule has 102 valence electrons. The number of benzene rings is 1. The molecule has 1 atom stereocenters. The van der Waals surface area contributed by atoms with Gasteiger partial charge in [-0.05, 0) is 23.8 Å². The van der Waals surface area contributed by atoms with E-state index in [2.05, 4.69) is 4.98 Å². The van der Waals surface area contributed by atoms with Crippen LogP contribution in [0.3, 0.4) is 0 Å². The second-order valence-electron chi connectivity index (χ2n) is 4.15. The molecular formula is C12H11F3N2O2. The maximum absolute atomic E-state index is 12.5. The molecule has 1 heterocycles. The average Bonchev–Trinajstić information content (AvgIpc) is 2.72. The molecule has 1 aromatic carbocycles. The number of rotatable bonds is 3. The molecule has 1 unspecified atom stereocenters. The molecule has 0 spiro atoms. The fraction of sp³-hybridized carbons (Fsp3) is 0.250. The Kier molecular flexibility index (Phi) is 3.23. The highest BCUT2D eigenvalue weighted by atomic mass is 19.4. The summed E-state index contributed by atoms with van der Waals surface area (Å²) in [4.78, 5) is 13.2. The van der Waals surface area contributed by atoms with Crippen LogP contribution in [0.5, 0.6) is 0 Å². The minimum absolute atomic E-state index is 0.114.